The molecule has 0 aromatic heterocycles. The van der Waals surface area contributed by atoms with Gasteiger partial charge in [0.05, 0.1) is 31.9 Å². The lowest BCUT2D eigenvalue weighted by atomic mass is 9.95. The first kappa shape index (κ1) is 11.7. The first-order valence-corrected chi connectivity index (χ1v) is 5.79. The number of methoxy groups -OCH3 is 1. The monoisotopic (exact) mass is 231 g/mol. The van der Waals surface area contributed by atoms with E-state index in [1.54, 1.807) is 13.4 Å². The molecule has 1 aromatic rings. The number of hydrogen-bond donors (Lipinski definition) is 0. The minimum absolute atomic E-state index is 0.115. The molecule has 1 saturated heterocycles. The van der Waals surface area contributed by atoms with Gasteiger partial charge in [0.1, 0.15) is 0 Å². The highest BCUT2D eigenvalue weighted by Gasteiger charge is 2.37. The summed E-state index contributed by atoms with van der Waals surface area (Å²) in [6, 6.07) is 10.4. The molecule has 0 N–H and O–H groups in total. The number of nitrogens with zero attached hydrogens (tertiary/aromatic N) is 1. The summed E-state index contributed by atoms with van der Waals surface area (Å²) in [6.45, 7) is 2.06. The second-order valence-electron chi connectivity index (χ2n) is 4.22. The van der Waals surface area contributed by atoms with Gasteiger partial charge in [0, 0.05) is 0 Å². The van der Waals surface area contributed by atoms with Crippen molar-refractivity contribution in [2.45, 2.75) is 25.4 Å². The number of carbonyl (C=O) groups excluding carboxylic acids is 1. The lowest BCUT2D eigenvalue weighted by Gasteiger charge is -2.43. The number of hydrogen-bond acceptors (Lipinski definition) is 2. The Morgan fingerprint density at radius 3 is 2.71 bits per heavy atom. The van der Waals surface area contributed by atoms with Crippen LogP contribution in [0.1, 0.15) is 24.9 Å². The summed E-state index contributed by atoms with van der Waals surface area (Å²) in [7, 11) is 1.61. The van der Waals surface area contributed by atoms with E-state index in [-0.39, 0.29) is 18.0 Å². The predicted octanol–water partition coefficient (Wildman–Crippen LogP) is 2.51. The number of amides is 1. The minimum atomic E-state index is 0.115. The number of rotatable bonds is 4. The van der Waals surface area contributed by atoms with Crippen LogP contribution in [0.5, 0.6) is 0 Å². The zero-order chi connectivity index (χ0) is 12.3. The Hall–Kier alpha value is -1.77. The normalized spacial score (nSPS) is 21.4. The number of carbonyl (C=O) groups is 1. The third kappa shape index (κ3) is 2.33. The van der Waals surface area contributed by atoms with Crippen LogP contribution >= 0.6 is 0 Å². The maximum Gasteiger partial charge on any atom is 0.225 e. The second kappa shape index (κ2) is 5.04. The average molecular weight is 231 g/mol. The first-order valence-electron chi connectivity index (χ1n) is 5.79. The Bertz CT molecular complexity index is 413. The molecule has 0 spiro atoms. The van der Waals surface area contributed by atoms with E-state index in [1.165, 1.54) is 0 Å². The molecular weight excluding hydrogens is 214 g/mol. The van der Waals surface area contributed by atoms with Crippen molar-refractivity contribution in [2.75, 3.05) is 7.11 Å². The van der Waals surface area contributed by atoms with Gasteiger partial charge in [-0.3, -0.25) is 4.79 Å². The smallest absolute Gasteiger partial charge is 0.225 e. The summed E-state index contributed by atoms with van der Waals surface area (Å²) in [5, 5.41) is 0. The van der Waals surface area contributed by atoms with Gasteiger partial charge in [0.25, 0.3) is 0 Å². The number of ether oxygens (including phenoxy) is 1. The lowest BCUT2D eigenvalue weighted by Crippen LogP contribution is -2.52. The summed E-state index contributed by atoms with van der Waals surface area (Å²) in [4.78, 5) is 13.6. The first-order chi connectivity index (χ1) is 8.24. The maximum absolute atomic E-state index is 11.7. The van der Waals surface area contributed by atoms with E-state index >= 15 is 0 Å². The van der Waals surface area contributed by atoms with Crippen LogP contribution < -0.4 is 0 Å². The van der Waals surface area contributed by atoms with Crippen LogP contribution in [-0.2, 0) is 9.53 Å². The van der Waals surface area contributed by atoms with Crippen molar-refractivity contribution in [3.8, 4) is 0 Å². The molecular formula is C14H17NO2. The Morgan fingerprint density at radius 2 is 2.12 bits per heavy atom. The van der Waals surface area contributed by atoms with Gasteiger partial charge in [-0.15, -0.1) is 0 Å². The molecule has 1 heterocycles. The Kier molecular flexibility index (Phi) is 3.47. The molecule has 2 atom stereocenters. The molecule has 0 aliphatic carbocycles. The Balaban J connectivity index is 2.10. The van der Waals surface area contributed by atoms with E-state index in [1.807, 2.05) is 41.3 Å². The number of β-lactam (4-membered cyclic amide) rings is 1. The molecule has 0 bridgehead atoms. The van der Waals surface area contributed by atoms with Crippen LogP contribution in [0.3, 0.4) is 0 Å². The fraction of sp³-hybridized carbons (Fsp3) is 0.357. The highest BCUT2D eigenvalue weighted by atomic mass is 16.5. The van der Waals surface area contributed by atoms with Gasteiger partial charge in [0.2, 0.25) is 5.91 Å². The molecule has 3 heteroatoms. The summed E-state index contributed by atoms with van der Waals surface area (Å²) in [6.07, 6.45) is 4.15. The fourth-order valence-corrected chi connectivity index (χ4v) is 2.18. The van der Waals surface area contributed by atoms with E-state index in [0.717, 1.165) is 5.56 Å². The Morgan fingerprint density at radius 1 is 1.41 bits per heavy atom. The van der Waals surface area contributed by atoms with E-state index in [4.69, 9.17) is 4.74 Å². The van der Waals surface area contributed by atoms with Crippen molar-refractivity contribution in [1.29, 1.82) is 0 Å². The standard InChI is InChI=1S/C14H17NO2/c1-11(12-6-4-3-5-7-12)15-13(8-9-17-2)10-14(15)16/h3-9,11,13H,10H2,1-2H3/b9-8+/t11-,13-/m1/s1. The van der Waals surface area contributed by atoms with Gasteiger partial charge in [-0.2, -0.15) is 0 Å². The number of benzene rings is 1. The molecule has 1 aliphatic heterocycles. The molecule has 1 aliphatic rings. The molecule has 90 valence electrons. The van der Waals surface area contributed by atoms with E-state index in [0.29, 0.717) is 6.42 Å². The van der Waals surface area contributed by atoms with Gasteiger partial charge in [-0.1, -0.05) is 30.3 Å². The van der Waals surface area contributed by atoms with Crippen LogP contribution in [0.15, 0.2) is 42.7 Å². The summed E-state index contributed by atoms with van der Waals surface area (Å²) in [5.74, 6) is 0.201. The molecule has 0 radical (unpaired) electrons. The number of likely N-dealkylation sites (tertiary alicyclic amines) is 1. The lowest BCUT2D eigenvalue weighted by molar-refractivity contribution is -0.147. The van der Waals surface area contributed by atoms with E-state index in [2.05, 4.69) is 6.92 Å². The molecule has 2 rings (SSSR count). The highest BCUT2D eigenvalue weighted by molar-refractivity contribution is 5.84. The molecule has 1 amide bonds. The molecule has 3 nitrogen and oxygen atoms in total. The van der Waals surface area contributed by atoms with E-state index in [9.17, 15) is 4.79 Å². The van der Waals surface area contributed by atoms with Crippen molar-refractivity contribution >= 4 is 5.91 Å². The zero-order valence-corrected chi connectivity index (χ0v) is 10.2. The predicted molar refractivity (Wildman–Crippen MR) is 66.3 cm³/mol. The van der Waals surface area contributed by atoms with Crippen molar-refractivity contribution in [2.24, 2.45) is 0 Å². The van der Waals surface area contributed by atoms with Crippen LogP contribution in [0.4, 0.5) is 0 Å². The van der Waals surface area contributed by atoms with Gasteiger partial charge in [-0.05, 0) is 18.6 Å². The zero-order valence-electron chi connectivity index (χ0n) is 10.2. The second-order valence-corrected chi connectivity index (χ2v) is 4.22. The van der Waals surface area contributed by atoms with Crippen molar-refractivity contribution in [1.82, 2.24) is 4.90 Å². The Labute approximate surface area is 102 Å². The maximum atomic E-state index is 11.7. The summed E-state index contributed by atoms with van der Waals surface area (Å²) in [5.41, 5.74) is 1.16. The average Bonchev–Trinajstić information content (AvgIpc) is 2.35. The van der Waals surface area contributed by atoms with Crippen molar-refractivity contribution in [3.05, 3.63) is 48.2 Å². The molecule has 0 saturated carbocycles. The summed E-state index contributed by atoms with van der Waals surface area (Å²) < 4.78 is 4.90. The largest absolute Gasteiger partial charge is 0.505 e. The van der Waals surface area contributed by atoms with Gasteiger partial charge in [0.15, 0.2) is 0 Å². The van der Waals surface area contributed by atoms with Crippen LogP contribution in [0, 0.1) is 0 Å². The SMILES string of the molecule is CO/C=C/[C@@H]1CC(=O)N1[C@H](C)c1ccccc1. The fourth-order valence-electron chi connectivity index (χ4n) is 2.18. The molecule has 17 heavy (non-hydrogen) atoms. The van der Waals surface area contributed by atoms with Gasteiger partial charge >= 0.3 is 0 Å². The third-order valence-electron chi connectivity index (χ3n) is 3.17. The van der Waals surface area contributed by atoms with Gasteiger partial charge in [-0.25, -0.2) is 0 Å². The summed E-state index contributed by atoms with van der Waals surface area (Å²) >= 11 is 0. The minimum Gasteiger partial charge on any atom is -0.505 e. The van der Waals surface area contributed by atoms with Crippen LogP contribution in [0.2, 0.25) is 0 Å². The molecule has 0 unspecified atom stereocenters. The molecule has 1 aromatic carbocycles. The highest BCUT2D eigenvalue weighted by Crippen LogP contribution is 2.31. The van der Waals surface area contributed by atoms with Gasteiger partial charge < -0.3 is 9.64 Å². The van der Waals surface area contributed by atoms with Crippen molar-refractivity contribution in [3.63, 3.8) is 0 Å². The quantitative estimate of drug-likeness (QED) is 0.588. The molecule has 1 fully saturated rings. The van der Waals surface area contributed by atoms with Crippen LogP contribution in [-0.4, -0.2) is 24.0 Å². The van der Waals surface area contributed by atoms with E-state index < -0.39 is 0 Å². The van der Waals surface area contributed by atoms with Crippen molar-refractivity contribution < 1.29 is 9.53 Å². The third-order valence-corrected chi connectivity index (χ3v) is 3.17. The topological polar surface area (TPSA) is 29.5 Å². The van der Waals surface area contributed by atoms with Crippen LogP contribution in [0.25, 0.3) is 0 Å².